The van der Waals surface area contributed by atoms with Gasteiger partial charge in [-0.15, -0.1) is 0 Å². The van der Waals surface area contributed by atoms with Gasteiger partial charge in [-0.25, -0.2) is 0 Å². The van der Waals surface area contributed by atoms with Crippen molar-refractivity contribution in [2.75, 3.05) is 0 Å². The Labute approximate surface area is 82.1 Å². The van der Waals surface area contributed by atoms with Crippen LogP contribution in [0.15, 0.2) is 0 Å². The molecule has 0 amide bonds. The molecule has 0 heterocycles. The second-order valence-electron chi connectivity index (χ2n) is 2.17. The molecule has 0 bridgehead atoms. The number of aliphatic carboxylic acids is 1. The quantitative estimate of drug-likeness (QED) is 0.309. The number of carbonyl (C=O) groups is 2. The van der Waals surface area contributed by atoms with Gasteiger partial charge in [0.1, 0.15) is 5.78 Å². The van der Waals surface area contributed by atoms with Gasteiger partial charge < -0.3 is 9.90 Å². The summed E-state index contributed by atoms with van der Waals surface area (Å²) in [5.41, 5.74) is 0. The van der Waals surface area contributed by atoms with Crippen molar-refractivity contribution in [2.24, 2.45) is 5.92 Å². The van der Waals surface area contributed by atoms with E-state index in [2.05, 4.69) is 0 Å². The fraction of sp³-hybridized carbons (Fsp3) is 0.667. The maximum absolute atomic E-state index is 10.5. The van der Waals surface area contributed by atoms with Crippen LogP contribution in [0.4, 0.5) is 0 Å². The molecule has 0 aliphatic carbocycles. The first-order chi connectivity index (χ1) is 4.04. The van der Waals surface area contributed by atoms with Crippen molar-refractivity contribution in [2.45, 2.75) is 20.3 Å². The molecule has 0 aliphatic heterocycles. The fourth-order valence-electron chi connectivity index (χ4n) is 0.346. The third-order valence-electron chi connectivity index (χ3n) is 0.963. The number of carbonyl (C=O) groups excluding carboxylic acids is 2. The zero-order chi connectivity index (χ0) is 7.44. The molecular weight excluding hydrogens is 143 g/mol. The molecular formula is C6H9NaO3. The molecule has 0 radical (unpaired) electrons. The van der Waals surface area contributed by atoms with Crippen LogP contribution in [-0.4, -0.2) is 11.8 Å². The normalized spacial score (nSPS) is 8.70. The Morgan fingerprint density at radius 1 is 1.40 bits per heavy atom. The average molecular weight is 152 g/mol. The minimum atomic E-state index is -1.30. The minimum absolute atomic E-state index is 0. The number of carboxylic acids is 1. The van der Waals surface area contributed by atoms with Gasteiger partial charge in [0.15, 0.2) is 0 Å². The van der Waals surface area contributed by atoms with Gasteiger partial charge >= 0.3 is 29.6 Å². The van der Waals surface area contributed by atoms with Gasteiger partial charge in [-0.1, -0.05) is 13.8 Å². The van der Waals surface area contributed by atoms with E-state index >= 15 is 0 Å². The predicted octanol–water partition coefficient (Wildman–Crippen LogP) is -3.64. The molecule has 0 atom stereocenters. The SMILES string of the molecule is CC(C)C(=O)CC(=O)[O-].[Na+]. The first-order valence-corrected chi connectivity index (χ1v) is 2.76. The fourth-order valence-corrected chi connectivity index (χ4v) is 0.346. The summed E-state index contributed by atoms with van der Waals surface area (Å²) < 4.78 is 0. The summed E-state index contributed by atoms with van der Waals surface area (Å²) in [5.74, 6) is -1.79. The summed E-state index contributed by atoms with van der Waals surface area (Å²) in [6, 6.07) is 0. The maximum atomic E-state index is 10.5. The van der Waals surface area contributed by atoms with Gasteiger partial charge in [-0.2, -0.15) is 0 Å². The van der Waals surface area contributed by atoms with Crippen LogP contribution in [0.3, 0.4) is 0 Å². The molecule has 0 unspecified atom stereocenters. The molecule has 0 aromatic rings. The van der Waals surface area contributed by atoms with E-state index in [-0.39, 0.29) is 41.3 Å². The number of Topliss-reactive ketones (excluding diaryl/α,β-unsaturated/α-hetero) is 1. The van der Waals surface area contributed by atoms with Gasteiger partial charge in [0.2, 0.25) is 0 Å². The van der Waals surface area contributed by atoms with Crippen LogP contribution in [0.1, 0.15) is 20.3 Å². The monoisotopic (exact) mass is 152 g/mol. The Balaban J connectivity index is 0. The van der Waals surface area contributed by atoms with Crippen LogP contribution < -0.4 is 34.7 Å². The second-order valence-corrected chi connectivity index (χ2v) is 2.17. The third kappa shape index (κ3) is 6.26. The molecule has 0 N–H and O–H groups in total. The van der Waals surface area contributed by atoms with Crippen molar-refractivity contribution in [3.8, 4) is 0 Å². The number of ketones is 1. The number of hydrogen-bond acceptors (Lipinski definition) is 3. The maximum Gasteiger partial charge on any atom is 1.00 e. The van der Waals surface area contributed by atoms with Crippen molar-refractivity contribution in [3.05, 3.63) is 0 Å². The van der Waals surface area contributed by atoms with Crippen molar-refractivity contribution in [1.82, 2.24) is 0 Å². The van der Waals surface area contributed by atoms with Gasteiger partial charge in [0.25, 0.3) is 0 Å². The molecule has 0 aromatic heterocycles. The van der Waals surface area contributed by atoms with E-state index in [0.717, 1.165) is 0 Å². The van der Waals surface area contributed by atoms with Crippen molar-refractivity contribution in [3.63, 3.8) is 0 Å². The molecule has 0 saturated carbocycles. The second kappa shape index (κ2) is 5.89. The molecule has 3 nitrogen and oxygen atoms in total. The van der Waals surface area contributed by atoms with Crippen molar-refractivity contribution in [1.29, 1.82) is 0 Å². The molecule has 0 aliphatic rings. The minimum Gasteiger partial charge on any atom is -0.550 e. The van der Waals surface area contributed by atoms with E-state index in [4.69, 9.17) is 0 Å². The summed E-state index contributed by atoms with van der Waals surface area (Å²) in [7, 11) is 0. The van der Waals surface area contributed by atoms with E-state index in [0.29, 0.717) is 0 Å². The Morgan fingerprint density at radius 3 is 1.90 bits per heavy atom. The Morgan fingerprint density at radius 2 is 1.80 bits per heavy atom. The van der Waals surface area contributed by atoms with E-state index in [9.17, 15) is 14.7 Å². The zero-order valence-corrected chi connectivity index (χ0v) is 8.51. The molecule has 10 heavy (non-hydrogen) atoms. The molecule has 4 heteroatoms. The Bertz CT molecular complexity index is 131. The van der Waals surface area contributed by atoms with Gasteiger partial charge in [-0.3, -0.25) is 4.79 Å². The van der Waals surface area contributed by atoms with Gasteiger partial charge in [0, 0.05) is 18.3 Å². The number of carboxylic acid groups (broad SMARTS) is 1. The van der Waals surface area contributed by atoms with E-state index in [1.807, 2.05) is 0 Å². The van der Waals surface area contributed by atoms with Crippen LogP contribution in [0.5, 0.6) is 0 Å². The van der Waals surface area contributed by atoms with E-state index in [1.54, 1.807) is 13.8 Å². The Hall–Kier alpha value is 0.140. The summed E-state index contributed by atoms with van der Waals surface area (Å²) in [4.78, 5) is 20.3. The van der Waals surface area contributed by atoms with E-state index in [1.165, 1.54) is 0 Å². The smallest absolute Gasteiger partial charge is 0.550 e. The molecule has 0 saturated heterocycles. The topological polar surface area (TPSA) is 57.2 Å². The zero-order valence-electron chi connectivity index (χ0n) is 6.51. The van der Waals surface area contributed by atoms with Crippen LogP contribution >= 0.6 is 0 Å². The first-order valence-electron chi connectivity index (χ1n) is 2.76. The van der Waals surface area contributed by atoms with Gasteiger partial charge in [0.05, 0.1) is 0 Å². The Kier molecular flexibility index (Phi) is 7.53. The number of rotatable bonds is 3. The molecule has 0 rings (SSSR count). The first kappa shape index (κ1) is 12.8. The summed E-state index contributed by atoms with van der Waals surface area (Å²) in [6.07, 6.45) is -0.461. The van der Waals surface area contributed by atoms with Crippen LogP contribution in [0.2, 0.25) is 0 Å². The van der Waals surface area contributed by atoms with Crippen molar-refractivity contribution >= 4 is 11.8 Å². The third-order valence-corrected chi connectivity index (χ3v) is 0.963. The van der Waals surface area contributed by atoms with Crippen LogP contribution in [0, 0.1) is 5.92 Å². The largest absolute Gasteiger partial charge is 1.00 e. The average Bonchev–Trinajstić information content (AvgIpc) is 1.63. The van der Waals surface area contributed by atoms with E-state index < -0.39 is 12.4 Å². The summed E-state index contributed by atoms with van der Waals surface area (Å²) >= 11 is 0. The summed E-state index contributed by atoms with van der Waals surface area (Å²) in [5, 5.41) is 9.78. The predicted molar refractivity (Wildman–Crippen MR) is 29.5 cm³/mol. The number of hydrogen-bond donors (Lipinski definition) is 0. The molecule has 0 aromatic carbocycles. The molecule has 0 fully saturated rings. The van der Waals surface area contributed by atoms with Crippen LogP contribution in [-0.2, 0) is 9.59 Å². The standard InChI is InChI=1S/C6H10O3.Na/c1-4(2)5(7)3-6(8)9;/h4H,3H2,1-2H3,(H,8,9);/q;+1/p-1. The summed E-state index contributed by atoms with van der Waals surface area (Å²) in [6.45, 7) is 3.32. The molecule has 0 spiro atoms. The van der Waals surface area contributed by atoms with Crippen LogP contribution in [0.25, 0.3) is 0 Å². The van der Waals surface area contributed by atoms with Crippen molar-refractivity contribution < 1.29 is 44.3 Å². The molecule has 52 valence electrons. The van der Waals surface area contributed by atoms with Gasteiger partial charge in [-0.05, 0) is 0 Å².